The molecule has 96 valence electrons. The van der Waals surface area contributed by atoms with Gasteiger partial charge in [-0.1, -0.05) is 0 Å². The molecule has 2 amide bonds. The van der Waals surface area contributed by atoms with Crippen LogP contribution < -0.4 is 5.32 Å². The van der Waals surface area contributed by atoms with Crippen LogP contribution in [0.15, 0.2) is 0 Å². The van der Waals surface area contributed by atoms with Gasteiger partial charge in [0.25, 0.3) is 0 Å². The van der Waals surface area contributed by atoms with Crippen LogP contribution in [0.5, 0.6) is 0 Å². The van der Waals surface area contributed by atoms with Crippen molar-refractivity contribution in [1.29, 1.82) is 0 Å². The number of piperazine rings is 1. The van der Waals surface area contributed by atoms with E-state index < -0.39 is 34.9 Å². The Labute approximate surface area is 100.0 Å². The third-order valence-electron chi connectivity index (χ3n) is 3.29. The first kappa shape index (κ1) is 13.6. The third kappa shape index (κ3) is 1.93. The molecule has 0 aromatic carbocycles. The van der Waals surface area contributed by atoms with E-state index in [1.165, 1.54) is 11.8 Å². The first-order valence-corrected chi connectivity index (χ1v) is 5.41. The molecule has 1 heterocycles. The second kappa shape index (κ2) is 3.80. The highest BCUT2D eigenvalue weighted by molar-refractivity contribution is 6.06. The number of carboxylic acids is 1. The van der Waals surface area contributed by atoms with Crippen molar-refractivity contribution in [1.82, 2.24) is 10.2 Å². The van der Waals surface area contributed by atoms with E-state index in [1.54, 1.807) is 27.7 Å². The van der Waals surface area contributed by atoms with Gasteiger partial charge in [-0.05, 0) is 34.6 Å². The Bertz CT molecular complexity index is 361. The molecule has 6 nitrogen and oxygen atoms in total. The predicted molar refractivity (Wildman–Crippen MR) is 60.2 cm³/mol. The van der Waals surface area contributed by atoms with Crippen molar-refractivity contribution in [3.05, 3.63) is 0 Å². The van der Waals surface area contributed by atoms with E-state index in [9.17, 15) is 14.4 Å². The van der Waals surface area contributed by atoms with Gasteiger partial charge in [0.2, 0.25) is 11.8 Å². The largest absolute Gasteiger partial charge is 0.480 e. The summed E-state index contributed by atoms with van der Waals surface area (Å²) in [6.45, 7) is 7.90. The Morgan fingerprint density at radius 2 is 1.53 bits per heavy atom. The molecule has 1 rings (SSSR count). The van der Waals surface area contributed by atoms with Gasteiger partial charge in [0, 0.05) is 0 Å². The third-order valence-corrected chi connectivity index (χ3v) is 3.29. The average Bonchev–Trinajstić information content (AvgIpc) is 2.14. The second-order valence-corrected chi connectivity index (χ2v) is 5.29. The second-order valence-electron chi connectivity index (χ2n) is 5.29. The molecule has 0 saturated carbocycles. The Balaban J connectivity index is 3.30. The number of rotatable bonds is 2. The number of hydrogen-bond acceptors (Lipinski definition) is 4. The van der Waals surface area contributed by atoms with Crippen molar-refractivity contribution < 1.29 is 19.5 Å². The topological polar surface area (TPSA) is 86.7 Å². The smallest absolute Gasteiger partial charge is 0.320 e. The summed E-state index contributed by atoms with van der Waals surface area (Å²) < 4.78 is 0. The molecule has 1 atom stereocenters. The lowest BCUT2D eigenvalue weighted by Gasteiger charge is -2.51. The maximum Gasteiger partial charge on any atom is 0.320 e. The summed E-state index contributed by atoms with van der Waals surface area (Å²) in [5.41, 5.74) is -2.09. The number of aliphatic carboxylic acids is 1. The Kier molecular flexibility index (Phi) is 3.05. The summed E-state index contributed by atoms with van der Waals surface area (Å²) in [6, 6.07) is -0.921. The number of nitrogens with zero attached hydrogens (tertiary/aromatic N) is 1. The van der Waals surface area contributed by atoms with E-state index >= 15 is 0 Å². The average molecular weight is 242 g/mol. The summed E-state index contributed by atoms with van der Waals surface area (Å²) in [7, 11) is 0. The lowest BCUT2D eigenvalue weighted by molar-refractivity contribution is -0.167. The predicted octanol–water partition coefficient (Wildman–Crippen LogP) is -0.0249. The minimum Gasteiger partial charge on any atom is -0.480 e. The first-order valence-electron chi connectivity index (χ1n) is 5.41. The zero-order valence-corrected chi connectivity index (χ0v) is 10.7. The zero-order valence-electron chi connectivity index (χ0n) is 10.7. The first-order chi connectivity index (χ1) is 7.52. The Hall–Kier alpha value is -1.43. The number of imide groups is 1. The normalized spacial score (nSPS) is 25.2. The van der Waals surface area contributed by atoms with Gasteiger partial charge in [0.1, 0.15) is 6.04 Å². The summed E-state index contributed by atoms with van der Waals surface area (Å²) in [4.78, 5) is 36.1. The van der Waals surface area contributed by atoms with Gasteiger partial charge in [-0.2, -0.15) is 0 Å². The van der Waals surface area contributed by atoms with E-state index in [4.69, 9.17) is 5.11 Å². The van der Waals surface area contributed by atoms with Crippen molar-refractivity contribution in [2.45, 2.75) is 51.7 Å². The van der Waals surface area contributed by atoms with Gasteiger partial charge in [0.15, 0.2) is 0 Å². The van der Waals surface area contributed by atoms with Crippen molar-refractivity contribution in [3.8, 4) is 0 Å². The molecule has 1 unspecified atom stereocenters. The van der Waals surface area contributed by atoms with Gasteiger partial charge in [-0.15, -0.1) is 0 Å². The van der Waals surface area contributed by atoms with Crippen LogP contribution in [0, 0.1) is 0 Å². The van der Waals surface area contributed by atoms with Crippen LogP contribution in [0.2, 0.25) is 0 Å². The summed E-state index contributed by atoms with van der Waals surface area (Å²) in [6.07, 6.45) is 0. The van der Waals surface area contributed by atoms with Crippen LogP contribution in [-0.2, 0) is 14.4 Å². The monoisotopic (exact) mass is 242 g/mol. The molecule has 1 saturated heterocycles. The fourth-order valence-electron chi connectivity index (χ4n) is 2.41. The van der Waals surface area contributed by atoms with Crippen LogP contribution >= 0.6 is 0 Å². The molecule has 0 spiro atoms. The molecule has 0 aromatic heterocycles. The highest BCUT2D eigenvalue weighted by atomic mass is 16.4. The zero-order chi connectivity index (χ0) is 13.6. The number of amides is 2. The van der Waals surface area contributed by atoms with Gasteiger partial charge in [-0.25, -0.2) is 0 Å². The number of nitrogens with one attached hydrogen (secondary N) is 1. The van der Waals surface area contributed by atoms with Crippen LogP contribution in [0.1, 0.15) is 34.6 Å². The van der Waals surface area contributed by atoms with Crippen LogP contribution in [0.3, 0.4) is 0 Å². The highest BCUT2D eigenvalue weighted by Crippen LogP contribution is 2.32. The lowest BCUT2D eigenvalue weighted by atomic mass is 9.85. The van der Waals surface area contributed by atoms with Crippen molar-refractivity contribution >= 4 is 17.8 Å². The maximum absolute atomic E-state index is 11.8. The van der Waals surface area contributed by atoms with Gasteiger partial charge < -0.3 is 5.11 Å². The van der Waals surface area contributed by atoms with E-state index in [2.05, 4.69) is 5.32 Å². The molecule has 2 N–H and O–H groups in total. The molecule has 0 bridgehead atoms. The van der Waals surface area contributed by atoms with Crippen molar-refractivity contribution in [3.63, 3.8) is 0 Å². The maximum atomic E-state index is 11.8. The summed E-state index contributed by atoms with van der Waals surface area (Å²) in [5.74, 6) is -2.02. The van der Waals surface area contributed by atoms with Gasteiger partial charge in [-0.3, -0.25) is 24.6 Å². The van der Waals surface area contributed by atoms with E-state index in [0.29, 0.717) is 0 Å². The molecule has 0 aromatic rings. The highest BCUT2D eigenvalue weighted by Gasteiger charge is 2.54. The molecular weight excluding hydrogens is 224 g/mol. The molecule has 17 heavy (non-hydrogen) atoms. The van der Waals surface area contributed by atoms with Gasteiger partial charge in [0.05, 0.1) is 11.1 Å². The number of carboxylic acid groups (broad SMARTS) is 1. The minimum atomic E-state index is -1.06. The number of hydrogen-bond donors (Lipinski definition) is 2. The fraction of sp³-hybridized carbons (Fsp3) is 0.727. The Morgan fingerprint density at radius 3 is 1.82 bits per heavy atom. The van der Waals surface area contributed by atoms with E-state index in [0.717, 1.165) is 0 Å². The molecule has 1 aliphatic rings. The van der Waals surface area contributed by atoms with E-state index in [-0.39, 0.29) is 0 Å². The number of carbonyl (C=O) groups is 3. The molecular formula is C11H18N2O4. The van der Waals surface area contributed by atoms with Crippen LogP contribution in [-0.4, -0.2) is 44.9 Å². The van der Waals surface area contributed by atoms with E-state index in [1.807, 2.05) is 0 Å². The quantitative estimate of drug-likeness (QED) is 0.664. The van der Waals surface area contributed by atoms with Crippen LogP contribution in [0.25, 0.3) is 0 Å². The molecule has 0 aliphatic carbocycles. The SMILES string of the molecule is CC(C(=O)O)N1C(C)(C)C(=O)NC(=O)C1(C)C. The number of carbonyl (C=O) groups excluding carboxylic acids is 2. The standard InChI is InChI=1S/C11H18N2O4/c1-6(7(14)15)13-10(2,3)8(16)12-9(17)11(13,4)5/h6H,1-5H3,(H,14,15)(H,12,16,17). The van der Waals surface area contributed by atoms with Gasteiger partial charge >= 0.3 is 5.97 Å². The van der Waals surface area contributed by atoms with Crippen molar-refractivity contribution in [2.24, 2.45) is 0 Å². The summed E-state index contributed by atoms with van der Waals surface area (Å²) >= 11 is 0. The summed E-state index contributed by atoms with van der Waals surface area (Å²) in [5, 5.41) is 11.4. The fourth-order valence-corrected chi connectivity index (χ4v) is 2.41. The molecule has 6 heteroatoms. The molecule has 1 aliphatic heterocycles. The minimum absolute atomic E-state index is 0.477. The lowest BCUT2D eigenvalue weighted by Crippen LogP contribution is -2.75. The van der Waals surface area contributed by atoms with Crippen LogP contribution in [0.4, 0.5) is 0 Å². The molecule has 0 radical (unpaired) electrons. The Morgan fingerprint density at radius 1 is 1.18 bits per heavy atom. The molecule has 1 fully saturated rings. The van der Waals surface area contributed by atoms with Crippen molar-refractivity contribution in [2.75, 3.05) is 0 Å².